The molecule has 1 fully saturated rings. The highest BCUT2D eigenvalue weighted by Gasteiger charge is 2.19. The first-order chi connectivity index (χ1) is 6.36. The summed E-state index contributed by atoms with van der Waals surface area (Å²) in [6, 6.07) is 1.60. The van der Waals surface area contributed by atoms with Crippen molar-refractivity contribution in [2.75, 3.05) is 0 Å². The molecule has 0 unspecified atom stereocenters. The Hall–Kier alpha value is -1.29. The molecule has 1 aliphatic rings. The minimum atomic E-state index is -0.249. The van der Waals surface area contributed by atoms with Crippen molar-refractivity contribution in [2.45, 2.75) is 25.4 Å². The fourth-order valence-electron chi connectivity index (χ4n) is 1.08. The fourth-order valence-corrected chi connectivity index (χ4v) is 1.08. The van der Waals surface area contributed by atoms with E-state index in [1.165, 1.54) is 18.9 Å². The van der Waals surface area contributed by atoms with Gasteiger partial charge in [-0.15, -0.1) is 0 Å². The topological polar surface area (TPSA) is 51.5 Å². The van der Waals surface area contributed by atoms with Gasteiger partial charge in [0.25, 0.3) is 5.91 Å². The summed E-state index contributed by atoms with van der Waals surface area (Å²) in [5, 5.41) is 0. The van der Waals surface area contributed by atoms with Gasteiger partial charge in [0.1, 0.15) is 6.26 Å². The van der Waals surface area contributed by atoms with Gasteiger partial charge in [-0.25, -0.2) is 5.48 Å². The lowest BCUT2D eigenvalue weighted by atomic mass is 9.97. The van der Waals surface area contributed by atoms with Crippen molar-refractivity contribution in [1.29, 1.82) is 0 Å². The average Bonchev–Trinajstić information content (AvgIpc) is 2.52. The van der Waals surface area contributed by atoms with E-state index in [0.29, 0.717) is 5.56 Å². The lowest BCUT2D eigenvalue weighted by Gasteiger charge is -2.24. The second-order valence-electron chi connectivity index (χ2n) is 3.11. The molecule has 1 N–H and O–H groups in total. The monoisotopic (exact) mass is 181 g/mol. The van der Waals surface area contributed by atoms with Crippen LogP contribution in [0.25, 0.3) is 0 Å². The van der Waals surface area contributed by atoms with Crippen molar-refractivity contribution in [3.63, 3.8) is 0 Å². The van der Waals surface area contributed by atoms with Gasteiger partial charge in [0.2, 0.25) is 0 Å². The molecule has 0 radical (unpaired) electrons. The molecule has 0 atom stereocenters. The summed E-state index contributed by atoms with van der Waals surface area (Å²) in [6.07, 6.45) is 6.30. The van der Waals surface area contributed by atoms with Gasteiger partial charge in [-0.2, -0.15) is 0 Å². The zero-order valence-electron chi connectivity index (χ0n) is 7.16. The number of hydrogen-bond acceptors (Lipinski definition) is 3. The van der Waals surface area contributed by atoms with Crippen LogP contribution in [0.15, 0.2) is 23.0 Å². The molecule has 13 heavy (non-hydrogen) atoms. The van der Waals surface area contributed by atoms with Crippen LogP contribution in [0.5, 0.6) is 0 Å². The molecule has 1 aromatic heterocycles. The Kier molecular flexibility index (Phi) is 2.31. The smallest absolute Gasteiger partial charge is 0.278 e. The molecule has 4 heteroatoms. The Balaban J connectivity index is 1.78. The SMILES string of the molecule is O=C(NOC1CCC1)c1ccoc1. The maximum atomic E-state index is 11.3. The van der Waals surface area contributed by atoms with Crippen LogP contribution < -0.4 is 5.48 Å². The van der Waals surface area contributed by atoms with E-state index in [-0.39, 0.29) is 12.0 Å². The van der Waals surface area contributed by atoms with Gasteiger partial charge in [-0.3, -0.25) is 9.63 Å². The normalized spacial score (nSPS) is 16.6. The average molecular weight is 181 g/mol. The number of nitrogens with one attached hydrogen (secondary N) is 1. The number of carbonyl (C=O) groups excluding carboxylic acids is 1. The standard InChI is InChI=1S/C9H11NO3/c11-9(7-4-5-12-6-7)10-13-8-2-1-3-8/h4-6,8H,1-3H2,(H,10,11). The molecule has 0 spiro atoms. The van der Waals surface area contributed by atoms with E-state index in [1.807, 2.05) is 0 Å². The molecular formula is C9H11NO3. The predicted octanol–water partition coefficient (Wildman–Crippen LogP) is 1.49. The molecule has 70 valence electrons. The summed E-state index contributed by atoms with van der Waals surface area (Å²) in [5.41, 5.74) is 2.87. The van der Waals surface area contributed by atoms with Gasteiger partial charge in [-0.1, -0.05) is 0 Å². The minimum Gasteiger partial charge on any atom is -0.472 e. The van der Waals surface area contributed by atoms with E-state index < -0.39 is 0 Å². The van der Waals surface area contributed by atoms with Gasteiger partial charge in [0, 0.05) is 0 Å². The summed E-state index contributed by atoms with van der Waals surface area (Å²) in [5.74, 6) is -0.249. The van der Waals surface area contributed by atoms with Crippen molar-refractivity contribution in [3.05, 3.63) is 24.2 Å². The van der Waals surface area contributed by atoms with Gasteiger partial charge in [0.05, 0.1) is 17.9 Å². The van der Waals surface area contributed by atoms with Crippen LogP contribution in [0.3, 0.4) is 0 Å². The Morgan fingerprint density at radius 2 is 2.46 bits per heavy atom. The Bertz CT molecular complexity index is 277. The molecule has 0 bridgehead atoms. The van der Waals surface area contributed by atoms with Crippen LogP contribution in [0.1, 0.15) is 29.6 Å². The lowest BCUT2D eigenvalue weighted by molar-refractivity contribution is -0.0508. The van der Waals surface area contributed by atoms with Crippen LogP contribution >= 0.6 is 0 Å². The second-order valence-corrected chi connectivity index (χ2v) is 3.11. The molecular weight excluding hydrogens is 170 g/mol. The third-order valence-corrected chi connectivity index (χ3v) is 2.15. The number of carbonyl (C=O) groups is 1. The molecule has 2 rings (SSSR count). The predicted molar refractivity (Wildman–Crippen MR) is 44.9 cm³/mol. The molecule has 1 aliphatic carbocycles. The molecule has 0 aromatic carbocycles. The van der Waals surface area contributed by atoms with E-state index >= 15 is 0 Å². The minimum absolute atomic E-state index is 0.204. The van der Waals surface area contributed by atoms with Gasteiger partial charge in [-0.05, 0) is 25.3 Å². The largest absolute Gasteiger partial charge is 0.472 e. The summed E-state index contributed by atoms with van der Waals surface area (Å²) in [6.45, 7) is 0. The Morgan fingerprint density at radius 1 is 1.62 bits per heavy atom. The zero-order valence-corrected chi connectivity index (χ0v) is 7.16. The van der Waals surface area contributed by atoms with E-state index in [1.54, 1.807) is 6.07 Å². The fraction of sp³-hybridized carbons (Fsp3) is 0.444. The first-order valence-electron chi connectivity index (χ1n) is 4.34. The summed E-state index contributed by atoms with van der Waals surface area (Å²) < 4.78 is 4.77. The summed E-state index contributed by atoms with van der Waals surface area (Å²) in [4.78, 5) is 16.4. The van der Waals surface area contributed by atoms with E-state index in [9.17, 15) is 4.79 Å². The third-order valence-electron chi connectivity index (χ3n) is 2.15. The molecule has 0 saturated heterocycles. The lowest BCUT2D eigenvalue weighted by Crippen LogP contribution is -2.33. The van der Waals surface area contributed by atoms with Gasteiger partial charge < -0.3 is 4.42 Å². The number of furan rings is 1. The van der Waals surface area contributed by atoms with Crippen molar-refractivity contribution in [2.24, 2.45) is 0 Å². The molecule has 1 saturated carbocycles. The van der Waals surface area contributed by atoms with Crippen LogP contribution in [0.2, 0.25) is 0 Å². The summed E-state index contributed by atoms with van der Waals surface area (Å²) >= 11 is 0. The highest BCUT2D eigenvalue weighted by atomic mass is 16.7. The van der Waals surface area contributed by atoms with Gasteiger partial charge >= 0.3 is 0 Å². The van der Waals surface area contributed by atoms with E-state index in [0.717, 1.165) is 12.8 Å². The second kappa shape index (κ2) is 3.62. The van der Waals surface area contributed by atoms with Crippen molar-refractivity contribution >= 4 is 5.91 Å². The number of rotatable bonds is 3. The highest BCUT2D eigenvalue weighted by molar-refractivity contribution is 5.92. The van der Waals surface area contributed by atoms with Crippen molar-refractivity contribution < 1.29 is 14.0 Å². The summed E-state index contributed by atoms with van der Waals surface area (Å²) in [7, 11) is 0. The third kappa shape index (κ3) is 1.89. The zero-order chi connectivity index (χ0) is 9.10. The quantitative estimate of drug-likeness (QED) is 0.719. The van der Waals surface area contributed by atoms with E-state index in [4.69, 9.17) is 9.25 Å². The molecule has 4 nitrogen and oxygen atoms in total. The van der Waals surface area contributed by atoms with Gasteiger partial charge in [0.15, 0.2) is 0 Å². The number of hydrogen-bond donors (Lipinski definition) is 1. The van der Waals surface area contributed by atoms with E-state index in [2.05, 4.69) is 5.48 Å². The molecule has 0 aliphatic heterocycles. The number of amides is 1. The first kappa shape index (κ1) is 8.31. The van der Waals surface area contributed by atoms with Crippen LogP contribution in [0.4, 0.5) is 0 Å². The maximum absolute atomic E-state index is 11.3. The number of hydroxylamine groups is 1. The molecule has 1 amide bonds. The first-order valence-corrected chi connectivity index (χ1v) is 4.34. The maximum Gasteiger partial charge on any atom is 0.278 e. The Morgan fingerprint density at radius 3 is 3.00 bits per heavy atom. The van der Waals surface area contributed by atoms with Crippen LogP contribution in [-0.2, 0) is 4.84 Å². The van der Waals surface area contributed by atoms with Crippen LogP contribution in [-0.4, -0.2) is 12.0 Å². The van der Waals surface area contributed by atoms with Crippen molar-refractivity contribution in [3.8, 4) is 0 Å². The van der Waals surface area contributed by atoms with Crippen LogP contribution in [0, 0.1) is 0 Å². The van der Waals surface area contributed by atoms with Crippen molar-refractivity contribution in [1.82, 2.24) is 5.48 Å². The highest BCUT2D eigenvalue weighted by Crippen LogP contribution is 2.20. The Labute approximate surface area is 75.8 Å². The molecule has 1 heterocycles. The molecule has 1 aromatic rings.